The lowest BCUT2D eigenvalue weighted by molar-refractivity contribution is 0.353. The topological polar surface area (TPSA) is 53.6 Å². The van der Waals surface area contributed by atoms with Crippen LogP contribution in [0.25, 0.3) is 11.2 Å². The Morgan fingerprint density at radius 2 is 2.18 bits per heavy atom. The molecule has 0 fully saturated rings. The van der Waals surface area contributed by atoms with E-state index in [1.807, 2.05) is 12.1 Å². The summed E-state index contributed by atoms with van der Waals surface area (Å²) in [6.45, 7) is 8.65. The zero-order valence-electron chi connectivity index (χ0n) is 10.8. The maximum atomic E-state index is 4.55. The molecule has 1 unspecified atom stereocenters. The minimum Gasteiger partial charge on any atom is -0.334 e. The molecular formula is C13H19N4. The van der Waals surface area contributed by atoms with Crippen molar-refractivity contribution in [1.82, 2.24) is 20.3 Å². The van der Waals surface area contributed by atoms with Crippen molar-refractivity contribution < 1.29 is 0 Å². The van der Waals surface area contributed by atoms with Gasteiger partial charge < -0.3 is 10.3 Å². The maximum absolute atomic E-state index is 4.55. The molecule has 0 amide bonds. The molecule has 4 heteroatoms. The number of imidazole rings is 1. The largest absolute Gasteiger partial charge is 0.334 e. The van der Waals surface area contributed by atoms with E-state index in [1.165, 1.54) is 0 Å². The lowest BCUT2D eigenvalue weighted by Crippen LogP contribution is -2.38. The Kier molecular flexibility index (Phi) is 3.15. The SMILES string of the molecule is CCC(NC(C)(C)C)c1ccc2[nH][c]nc2n1. The fraction of sp³-hybridized carbons (Fsp3) is 0.538. The van der Waals surface area contributed by atoms with E-state index < -0.39 is 0 Å². The van der Waals surface area contributed by atoms with Gasteiger partial charge in [0.2, 0.25) is 0 Å². The van der Waals surface area contributed by atoms with Crippen LogP contribution in [-0.4, -0.2) is 20.5 Å². The summed E-state index contributed by atoms with van der Waals surface area (Å²) >= 11 is 0. The first-order valence-electron chi connectivity index (χ1n) is 6.00. The molecule has 2 heterocycles. The van der Waals surface area contributed by atoms with Gasteiger partial charge >= 0.3 is 0 Å². The lowest BCUT2D eigenvalue weighted by Gasteiger charge is -2.27. The van der Waals surface area contributed by atoms with Gasteiger partial charge in [0.25, 0.3) is 0 Å². The third kappa shape index (κ3) is 2.82. The highest BCUT2D eigenvalue weighted by molar-refractivity contribution is 5.69. The van der Waals surface area contributed by atoms with Crippen LogP contribution in [0.1, 0.15) is 45.9 Å². The number of aromatic amines is 1. The Morgan fingerprint density at radius 3 is 2.82 bits per heavy atom. The first-order chi connectivity index (χ1) is 7.99. The molecule has 1 radical (unpaired) electrons. The van der Waals surface area contributed by atoms with Crippen LogP contribution >= 0.6 is 0 Å². The molecule has 0 saturated heterocycles. The third-order valence-electron chi connectivity index (χ3n) is 2.62. The van der Waals surface area contributed by atoms with Gasteiger partial charge in [-0.15, -0.1) is 0 Å². The lowest BCUT2D eigenvalue weighted by atomic mass is 10.0. The number of nitrogens with zero attached hydrogens (tertiary/aromatic N) is 2. The van der Waals surface area contributed by atoms with Crippen molar-refractivity contribution in [3.8, 4) is 0 Å². The van der Waals surface area contributed by atoms with Gasteiger partial charge in [-0.2, -0.15) is 0 Å². The molecule has 2 aromatic rings. The number of aromatic nitrogens is 3. The highest BCUT2D eigenvalue weighted by Crippen LogP contribution is 2.19. The summed E-state index contributed by atoms with van der Waals surface area (Å²) in [5.41, 5.74) is 2.78. The summed E-state index contributed by atoms with van der Waals surface area (Å²) in [6, 6.07) is 4.31. The second-order valence-electron chi connectivity index (χ2n) is 5.31. The van der Waals surface area contributed by atoms with Gasteiger partial charge in [0.1, 0.15) is 0 Å². The fourth-order valence-electron chi connectivity index (χ4n) is 1.89. The predicted octanol–water partition coefficient (Wildman–Crippen LogP) is 2.60. The first kappa shape index (κ1) is 12.0. The van der Waals surface area contributed by atoms with Gasteiger partial charge in [-0.3, -0.25) is 0 Å². The standard InChI is InChI=1S/C13H19N4/c1-5-9(17-13(2,3)4)10-6-7-11-12(16-10)15-8-14-11/h6-7,9,17H,5H2,1-4H3,(H,14,15,16). The zero-order valence-corrected chi connectivity index (χ0v) is 10.8. The van der Waals surface area contributed by atoms with Gasteiger partial charge in [-0.25, -0.2) is 9.97 Å². The summed E-state index contributed by atoms with van der Waals surface area (Å²) in [5, 5.41) is 3.57. The monoisotopic (exact) mass is 231 g/mol. The quantitative estimate of drug-likeness (QED) is 0.853. The molecule has 4 nitrogen and oxygen atoms in total. The smallest absolute Gasteiger partial charge is 0.178 e. The first-order valence-corrected chi connectivity index (χ1v) is 6.00. The van der Waals surface area contributed by atoms with Crippen molar-refractivity contribution in [2.24, 2.45) is 0 Å². The molecule has 0 aliphatic rings. The van der Waals surface area contributed by atoms with E-state index in [0.717, 1.165) is 23.3 Å². The van der Waals surface area contributed by atoms with Gasteiger partial charge in [-0.05, 0) is 39.3 Å². The van der Waals surface area contributed by atoms with E-state index >= 15 is 0 Å². The van der Waals surface area contributed by atoms with Crippen molar-refractivity contribution >= 4 is 11.2 Å². The van der Waals surface area contributed by atoms with Crippen molar-refractivity contribution in [2.45, 2.75) is 45.7 Å². The second-order valence-corrected chi connectivity index (χ2v) is 5.31. The zero-order chi connectivity index (χ0) is 12.5. The summed E-state index contributed by atoms with van der Waals surface area (Å²) in [4.78, 5) is 11.6. The molecule has 2 N–H and O–H groups in total. The Hall–Kier alpha value is -1.42. The van der Waals surface area contributed by atoms with Crippen LogP contribution in [0.3, 0.4) is 0 Å². The molecule has 1 atom stereocenters. The number of rotatable bonds is 3. The van der Waals surface area contributed by atoms with Gasteiger partial charge in [0, 0.05) is 11.6 Å². The molecule has 2 rings (SSSR count). The van der Waals surface area contributed by atoms with Crippen LogP contribution in [0.5, 0.6) is 0 Å². The fourth-order valence-corrected chi connectivity index (χ4v) is 1.89. The Labute approximate surface area is 102 Å². The van der Waals surface area contributed by atoms with E-state index in [1.54, 1.807) is 0 Å². The minimum absolute atomic E-state index is 0.0784. The van der Waals surface area contributed by atoms with Crippen molar-refractivity contribution in [1.29, 1.82) is 0 Å². The molecule has 0 saturated carbocycles. The van der Waals surface area contributed by atoms with Gasteiger partial charge in [-0.1, -0.05) is 6.92 Å². The number of hydrogen-bond donors (Lipinski definition) is 2. The van der Waals surface area contributed by atoms with Gasteiger partial charge in [0.15, 0.2) is 12.0 Å². The molecule has 0 aliphatic carbocycles. The van der Waals surface area contributed by atoms with E-state index in [-0.39, 0.29) is 11.6 Å². The van der Waals surface area contributed by atoms with E-state index in [9.17, 15) is 0 Å². The minimum atomic E-state index is 0.0784. The van der Waals surface area contributed by atoms with Crippen LogP contribution in [0.15, 0.2) is 12.1 Å². The van der Waals surface area contributed by atoms with E-state index in [0.29, 0.717) is 0 Å². The average Bonchev–Trinajstić information content (AvgIpc) is 2.71. The van der Waals surface area contributed by atoms with Crippen LogP contribution in [0.2, 0.25) is 0 Å². The molecule has 2 aromatic heterocycles. The third-order valence-corrected chi connectivity index (χ3v) is 2.62. The average molecular weight is 231 g/mol. The molecule has 0 spiro atoms. The highest BCUT2D eigenvalue weighted by atomic mass is 15.0. The molecular weight excluding hydrogens is 212 g/mol. The molecule has 0 aromatic carbocycles. The summed E-state index contributed by atoms with van der Waals surface area (Å²) in [5.74, 6) is 0. The number of pyridine rings is 1. The normalized spacial score (nSPS) is 14.1. The number of H-pyrrole nitrogens is 1. The Balaban J connectivity index is 2.29. The molecule has 0 aliphatic heterocycles. The predicted molar refractivity (Wildman–Crippen MR) is 68.6 cm³/mol. The van der Waals surface area contributed by atoms with Gasteiger partial charge in [0.05, 0.1) is 11.2 Å². The Bertz CT molecular complexity index is 495. The van der Waals surface area contributed by atoms with Crippen LogP contribution in [0, 0.1) is 6.33 Å². The summed E-state index contributed by atoms with van der Waals surface area (Å²) in [6.07, 6.45) is 3.72. The number of nitrogens with one attached hydrogen (secondary N) is 2. The van der Waals surface area contributed by atoms with E-state index in [4.69, 9.17) is 0 Å². The maximum Gasteiger partial charge on any atom is 0.178 e. The van der Waals surface area contributed by atoms with Crippen molar-refractivity contribution in [2.75, 3.05) is 0 Å². The summed E-state index contributed by atoms with van der Waals surface area (Å²) in [7, 11) is 0. The number of hydrogen-bond acceptors (Lipinski definition) is 3. The number of fused-ring (bicyclic) bond motifs is 1. The van der Waals surface area contributed by atoms with Crippen LogP contribution in [0.4, 0.5) is 0 Å². The van der Waals surface area contributed by atoms with Crippen LogP contribution < -0.4 is 5.32 Å². The van der Waals surface area contributed by atoms with Crippen LogP contribution in [-0.2, 0) is 0 Å². The Morgan fingerprint density at radius 1 is 1.41 bits per heavy atom. The van der Waals surface area contributed by atoms with Crippen molar-refractivity contribution in [3.63, 3.8) is 0 Å². The van der Waals surface area contributed by atoms with E-state index in [2.05, 4.69) is 54.3 Å². The highest BCUT2D eigenvalue weighted by Gasteiger charge is 2.18. The molecule has 91 valence electrons. The van der Waals surface area contributed by atoms with Crippen molar-refractivity contribution in [3.05, 3.63) is 24.2 Å². The molecule has 0 bridgehead atoms. The summed E-state index contributed by atoms with van der Waals surface area (Å²) < 4.78 is 0. The second kappa shape index (κ2) is 4.45. The molecule has 17 heavy (non-hydrogen) atoms.